The second-order valence-corrected chi connectivity index (χ2v) is 5.95. The number of esters is 1. The second-order valence-electron chi connectivity index (χ2n) is 4.86. The molecule has 0 spiro atoms. The van der Waals surface area contributed by atoms with Crippen LogP contribution in [0.15, 0.2) is 12.1 Å². The lowest BCUT2D eigenvalue weighted by Crippen LogP contribution is -2.48. The summed E-state index contributed by atoms with van der Waals surface area (Å²) < 4.78 is 4.61. The summed E-state index contributed by atoms with van der Waals surface area (Å²) in [5.41, 5.74) is -0.759. The monoisotopic (exact) mass is 292 g/mol. The lowest BCUT2D eigenvalue weighted by Gasteiger charge is -2.31. The minimum atomic E-state index is -0.759. The summed E-state index contributed by atoms with van der Waals surface area (Å²) in [6.45, 7) is 0. The molecule has 1 amide bonds. The summed E-state index contributed by atoms with van der Waals surface area (Å²) in [5, 5.41) is 12.2. The van der Waals surface area contributed by atoms with Gasteiger partial charge in [-0.05, 0) is 25.0 Å². The third kappa shape index (κ3) is 2.99. The number of nitrogens with one attached hydrogen (secondary N) is 1. The number of thiophene rings is 1. The first-order chi connectivity index (χ1) is 9.60. The first-order valence-electron chi connectivity index (χ1n) is 6.52. The van der Waals surface area contributed by atoms with Crippen LogP contribution in [-0.4, -0.2) is 24.5 Å². The average Bonchev–Trinajstić information content (AvgIpc) is 2.97. The van der Waals surface area contributed by atoms with Crippen LogP contribution in [-0.2, 0) is 4.74 Å². The number of rotatable bonds is 3. The van der Waals surface area contributed by atoms with Gasteiger partial charge >= 0.3 is 5.97 Å². The molecule has 6 heteroatoms. The maximum absolute atomic E-state index is 12.2. The van der Waals surface area contributed by atoms with Crippen molar-refractivity contribution in [2.45, 2.75) is 37.6 Å². The van der Waals surface area contributed by atoms with Crippen molar-refractivity contribution in [2.75, 3.05) is 7.11 Å². The van der Waals surface area contributed by atoms with Gasteiger partial charge in [0.2, 0.25) is 0 Å². The van der Waals surface area contributed by atoms with Gasteiger partial charge in [-0.3, -0.25) is 4.79 Å². The van der Waals surface area contributed by atoms with E-state index in [9.17, 15) is 14.9 Å². The normalized spacial score (nSPS) is 17.0. The van der Waals surface area contributed by atoms with Gasteiger partial charge in [0.15, 0.2) is 0 Å². The van der Waals surface area contributed by atoms with Crippen LogP contribution in [0.4, 0.5) is 0 Å². The van der Waals surface area contributed by atoms with Crippen molar-refractivity contribution in [2.24, 2.45) is 0 Å². The van der Waals surface area contributed by atoms with E-state index in [1.807, 2.05) is 0 Å². The van der Waals surface area contributed by atoms with Crippen molar-refractivity contribution in [3.05, 3.63) is 21.9 Å². The fourth-order valence-electron chi connectivity index (χ4n) is 2.37. The number of nitrogens with zero attached hydrogens (tertiary/aromatic N) is 1. The smallest absolute Gasteiger partial charge is 0.348 e. The highest BCUT2D eigenvalue weighted by molar-refractivity contribution is 7.15. The molecule has 2 rings (SSSR count). The molecule has 0 unspecified atom stereocenters. The largest absolute Gasteiger partial charge is 0.465 e. The number of hydrogen-bond donors (Lipinski definition) is 1. The van der Waals surface area contributed by atoms with Crippen molar-refractivity contribution in [3.8, 4) is 6.07 Å². The van der Waals surface area contributed by atoms with Gasteiger partial charge in [-0.2, -0.15) is 5.26 Å². The molecule has 20 heavy (non-hydrogen) atoms. The molecule has 0 bridgehead atoms. The van der Waals surface area contributed by atoms with Crippen LogP contribution in [0.5, 0.6) is 0 Å². The standard InChI is InChI=1S/C14H16N2O3S/c1-19-13(18)11-6-5-10(20-11)12(17)16-14(9-15)7-3-2-4-8-14/h5-6H,2-4,7-8H2,1H3,(H,16,17). The van der Waals surface area contributed by atoms with Crippen LogP contribution in [0.2, 0.25) is 0 Å². The topological polar surface area (TPSA) is 79.2 Å². The fraction of sp³-hybridized carbons (Fsp3) is 0.500. The molecule has 0 saturated heterocycles. The lowest BCUT2D eigenvalue weighted by molar-refractivity contribution is 0.0606. The molecule has 1 aliphatic rings. The average molecular weight is 292 g/mol. The van der Waals surface area contributed by atoms with Crippen LogP contribution in [0.25, 0.3) is 0 Å². The van der Waals surface area contributed by atoms with Crippen LogP contribution >= 0.6 is 11.3 Å². The highest BCUT2D eigenvalue weighted by atomic mass is 32.1. The van der Waals surface area contributed by atoms with Gasteiger partial charge in [-0.1, -0.05) is 19.3 Å². The Morgan fingerprint density at radius 1 is 1.30 bits per heavy atom. The Morgan fingerprint density at radius 3 is 2.55 bits per heavy atom. The number of nitriles is 1. The van der Waals surface area contributed by atoms with E-state index < -0.39 is 11.5 Å². The van der Waals surface area contributed by atoms with Crippen molar-refractivity contribution in [1.29, 1.82) is 5.26 Å². The number of hydrogen-bond acceptors (Lipinski definition) is 5. The maximum atomic E-state index is 12.2. The number of carbonyl (C=O) groups excluding carboxylic acids is 2. The summed E-state index contributed by atoms with van der Waals surface area (Å²) in [6, 6.07) is 5.38. The van der Waals surface area contributed by atoms with Gasteiger partial charge in [-0.25, -0.2) is 4.79 Å². The van der Waals surface area contributed by atoms with Gasteiger partial charge < -0.3 is 10.1 Å². The zero-order valence-electron chi connectivity index (χ0n) is 11.3. The molecule has 0 radical (unpaired) electrons. The molecule has 1 N–H and O–H groups in total. The molecule has 0 atom stereocenters. The summed E-state index contributed by atoms with van der Waals surface area (Å²) in [4.78, 5) is 24.4. The Balaban J connectivity index is 2.09. The molecule has 106 valence electrons. The van der Waals surface area contributed by atoms with Crippen LogP contribution in [0.1, 0.15) is 51.4 Å². The van der Waals surface area contributed by atoms with E-state index in [1.165, 1.54) is 7.11 Å². The van der Waals surface area contributed by atoms with E-state index in [1.54, 1.807) is 12.1 Å². The van der Waals surface area contributed by atoms with Crippen LogP contribution in [0, 0.1) is 11.3 Å². The van der Waals surface area contributed by atoms with Gasteiger partial charge in [0.05, 0.1) is 18.1 Å². The molecule has 5 nitrogen and oxygen atoms in total. The molecule has 1 heterocycles. The second kappa shape index (κ2) is 6.06. The lowest BCUT2D eigenvalue weighted by atomic mass is 9.83. The zero-order chi connectivity index (χ0) is 14.6. The number of amides is 1. The maximum Gasteiger partial charge on any atom is 0.348 e. The molecular formula is C14H16N2O3S. The van der Waals surface area contributed by atoms with Crippen molar-refractivity contribution >= 4 is 23.2 Å². The first-order valence-corrected chi connectivity index (χ1v) is 7.34. The predicted octanol–water partition coefficient (Wildman–Crippen LogP) is 2.49. The van der Waals surface area contributed by atoms with Crippen molar-refractivity contribution < 1.29 is 14.3 Å². The number of methoxy groups -OCH3 is 1. The van der Waals surface area contributed by atoms with Gasteiger partial charge in [-0.15, -0.1) is 11.3 Å². The number of carbonyl (C=O) groups is 2. The van der Waals surface area contributed by atoms with Gasteiger partial charge in [0, 0.05) is 0 Å². The van der Waals surface area contributed by atoms with E-state index in [0.29, 0.717) is 22.6 Å². The van der Waals surface area contributed by atoms with E-state index >= 15 is 0 Å². The summed E-state index contributed by atoms with van der Waals surface area (Å²) in [7, 11) is 1.30. The Bertz CT molecular complexity index is 553. The van der Waals surface area contributed by atoms with Crippen LogP contribution in [0.3, 0.4) is 0 Å². The van der Waals surface area contributed by atoms with E-state index in [-0.39, 0.29) is 5.91 Å². The summed E-state index contributed by atoms with van der Waals surface area (Å²) in [6.07, 6.45) is 4.37. The summed E-state index contributed by atoms with van der Waals surface area (Å²) in [5.74, 6) is -0.754. The quantitative estimate of drug-likeness (QED) is 0.868. The molecular weight excluding hydrogens is 276 g/mol. The molecule has 0 aliphatic heterocycles. The minimum Gasteiger partial charge on any atom is -0.465 e. The van der Waals surface area contributed by atoms with Crippen molar-refractivity contribution in [1.82, 2.24) is 5.32 Å². The number of ether oxygens (including phenoxy) is 1. The molecule has 0 aromatic carbocycles. The Labute approximate surface area is 121 Å². The summed E-state index contributed by atoms with van der Waals surface area (Å²) >= 11 is 1.08. The zero-order valence-corrected chi connectivity index (χ0v) is 12.1. The third-order valence-corrected chi connectivity index (χ3v) is 4.55. The first kappa shape index (κ1) is 14.5. The molecule has 1 aliphatic carbocycles. The molecule has 1 saturated carbocycles. The fourth-order valence-corrected chi connectivity index (χ4v) is 3.19. The SMILES string of the molecule is COC(=O)c1ccc(C(=O)NC2(C#N)CCCCC2)s1. The van der Waals surface area contributed by atoms with Gasteiger partial charge in [0.25, 0.3) is 5.91 Å². The highest BCUT2D eigenvalue weighted by Crippen LogP contribution is 2.28. The molecule has 1 fully saturated rings. The minimum absolute atomic E-state index is 0.298. The third-order valence-electron chi connectivity index (χ3n) is 3.49. The van der Waals surface area contributed by atoms with Gasteiger partial charge in [0.1, 0.15) is 10.4 Å². The van der Waals surface area contributed by atoms with E-state index in [0.717, 1.165) is 30.6 Å². The van der Waals surface area contributed by atoms with Crippen molar-refractivity contribution in [3.63, 3.8) is 0 Å². The highest BCUT2D eigenvalue weighted by Gasteiger charge is 2.34. The molecule has 1 aromatic rings. The van der Waals surface area contributed by atoms with Crippen LogP contribution < -0.4 is 5.32 Å². The Kier molecular flexibility index (Phi) is 4.40. The Morgan fingerprint density at radius 2 is 1.95 bits per heavy atom. The Hall–Kier alpha value is -1.87. The van der Waals surface area contributed by atoms with E-state index in [4.69, 9.17) is 0 Å². The van der Waals surface area contributed by atoms with E-state index in [2.05, 4.69) is 16.1 Å². The predicted molar refractivity (Wildman–Crippen MR) is 74.6 cm³/mol. The molecule has 1 aromatic heterocycles.